The second-order valence-corrected chi connectivity index (χ2v) is 8.24. The molecule has 2 aliphatic rings. The van der Waals surface area contributed by atoms with Crippen LogP contribution in [0.2, 0.25) is 0 Å². The second kappa shape index (κ2) is 8.79. The fourth-order valence-electron chi connectivity index (χ4n) is 3.86. The Bertz CT molecular complexity index is 793. The Morgan fingerprint density at radius 3 is 2.30 bits per heavy atom. The van der Waals surface area contributed by atoms with Crippen molar-refractivity contribution in [1.82, 2.24) is 10.2 Å². The molecule has 5 nitrogen and oxygen atoms in total. The molecule has 3 rings (SSSR count). The van der Waals surface area contributed by atoms with Crippen LogP contribution in [0.4, 0.5) is 13.2 Å². The molecule has 1 amide bonds. The number of hydrogen-bond acceptors (Lipinski definition) is 4. The van der Waals surface area contributed by atoms with E-state index in [1.165, 1.54) is 12.1 Å². The topological polar surface area (TPSA) is 58.6 Å². The molecule has 1 N–H and O–H groups in total. The molecular weight excluding hydrogens is 397 g/mol. The van der Waals surface area contributed by atoms with Crippen LogP contribution in [0.15, 0.2) is 36.4 Å². The molecule has 0 radical (unpaired) electrons. The summed E-state index contributed by atoms with van der Waals surface area (Å²) in [5.41, 5.74) is -1.13. The van der Waals surface area contributed by atoms with Gasteiger partial charge in [0.2, 0.25) is 5.91 Å². The lowest BCUT2D eigenvalue weighted by Crippen LogP contribution is -2.44. The average molecular weight is 424 g/mol. The fourth-order valence-corrected chi connectivity index (χ4v) is 3.86. The molecule has 0 unspecified atom stereocenters. The lowest BCUT2D eigenvalue weighted by Gasteiger charge is -2.41. The third kappa shape index (κ3) is 5.22. The van der Waals surface area contributed by atoms with Crippen LogP contribution in [-0.4, -0.2) is 43.0 Å². The van der Waals surface area contributed by atoms with Crippen LogP contribution in [0.3, 0.4) is 0 Å². The Morgan fingerprint density at radius 1 is 1.20 bits per heavy atom. The first-order valence-corrected chi connectivity index (χ1v) is 10.2. The maximum atomic E-state index is 12.8. The molecular formula is C22H27F3N2O3. The van der Waals surface area contributed by atoms with E-state index in [-0.39, 0.29) is 23.9 Å². The van der Waals surface area contributed by atoms with E-state index in [9.17, 15) is 22.8 Å². The normalized spacial score (nSPS) is 19.6. The van der Waals surface area contributed by atoms with Crippen molar-refractivity contribution in [3.8, 4) is 0 Å². The van der Waals surface area contributed by atoms with Crippen LogP contribution in [-0.2, 0) is 26.1 Å². The fraction of sp³-hybridized carbons (Fsp3) is 0.545. The van der Waals surface area contributed by atoms with Crippen molar-refractivity contribution >= 4 is 11.9 Å². The van der Waals surface area contributed by atoms with Gasteiger partial charge in [0.05, 0.1) is 12.0 Å². The summed E-state index contributed by atoms with van der Waals surface area (Å²) in [6.07, 6.45) is -1.01. The first-order chi connectivity index (χ1) is 14.1. The molecule has 0 spiro atoms. The highest BCUT2D eigenvalue weighted by molar-refractivity contribution is 5.95. The van der Waals surface area contributed by atoms with Gasteiger partial charge in [-0.2, -0.15) is 13.2 Å². The number of alkyl halides is 3. The van der Waals surface area contributed by atoms with Crippen LogP contribution in [0.5, 0.6) is 0 Å². The molecule has 0 bridgehead atoms. The molecule has 0 aromatic heterocycles. The zero-order valence-electron chi connectivity index (χ0n) is 17.1. The van der Waals surface area contributed by atoms with E-state index >= 15 is 0 Å². The Morgan fingerprint density at radius 2 is 1.80 bits per heavy atom. The highest BCUT2D eigenvalue weighted by Crippen LogP contribution is 2.46. The zero-order valence-corrected chi connectivity index (χ0v) is 17.1. The van der Waals surface area contributed by atoms with Crippen LogP contribution < -0.4 is 5.32 Å². The van der Waals surface area contributed by atoms with E-state index in [2.05, 4.69) is 16.8 Å². The number of likely N-dealkylation sites (tertiary alicyclic amines) is 1. The standard InChI is InChI=1S/C22H27F3N2O3/c1-15(14-19(28)26-18-8-12-27(2)13-9-18)20(29)30-21(10-3-11-21)16-4-6-17(7-5-16)22(23,24)25/h4-7,18H,1,3,8-14H2,2H3,(H,26,28). The van der Waals surface area contributed by atoms with E-state index < -0.39 is 23.3 Å². The monoisotopic (exact) mass is 424 g/mol. The van der Waals surface area contributed by atoms with Crippen molar-refractivity contribution in [2.45, 2.75) is 56.3 Å². The lowest BCUT2D eigenvalue weighted by molar-refractivity contribution is -0.167. The summed E-state index contributed by atoms with van der Waals surface area (Å²) < 4.78 is 44.0. The van der Waals surface area contributed by atoms with E-state index in [4.69, 9.17) is 4.74 Å². The Balaban J connectivity index is 1.56. The predicted molar refractivity (Wildman–Crippen MR) is 105 cm³/mol. The Hall–Kier alpha value is -2.35. The van der Waals surface area contributed by atoms with Crippen LogP contribution in [0.25, 0.3) is 0 Å². The van der Waals surface area contributed by atoms with Gasteiger partial charge in [-0.3, -0.25) is 4.79 Å². The highest BCUT2D eigenvalue weighted by atomic mass is 19.4. The minimum Gasteiger partial charge on any atom is -0.451 e. The van der Waals surface area contributed by atoms with Gasteiger partial charge in [0.15, 0.2) is 0 Å². The number of nitrogens with one attached hydrogen (secondary N) is 1. The Labute approximate surface area is 174 Å². The van der Waals surface area contributed by atoms with Gasteiger partial charge in [0.25, 0.3) is 0 Å². The first kappa shape index (κ1) is 22.3. The number of carbonyl (C=O) groups excluding carboxylic acids is 2. The first-order valence-electron chi connectivity index (χ1n) is 10.2. The van der Waals surface area contributed by atoms with Gasteiger partial charge in [-0.05, 0) is 69.9 Å². The average Bonchev–Trinajstić information content (AvgIpc) is 2.65. The maximum Gasteiger partial charge on any atom is 0.416 e. The molecule has 2 fully saturated rings. The molecule has 1 aromatic rings. The van der Waals surface area contributed by atoms with Gasteiger partial charge in [0.1, 0.15) is 5.60 Å². The minimum absolute atomic E-state index is 0.0404. The third-order valence-corrected chi connectivity index (χ3v) is 5.93. The Kier molecular flexibility index (Phi) is 6.55. The molecule has 30 heavy (non-hydrogen) atoms. The molecule has 1 aliphatic carbocycles. The van der Waals surface area contributed by atoms with E-state index in [1.807, 2.05) is 7.05 Å². The number of halogens is 3. The number of nitrogens with zero attached hydrogens (tertiary/aromatic N) is 1. The number of amides is 1. The number of rotatable bonds is 6. The number of hydrogen-bond donors (Lipinski definition) is 1. The molecule has 1 aliphatic heterocycles. The molecule has 1 aromatic carbocycles. The summed E-state index contributed by atoms with van der Waals surface area (Å²) in [7, 11) is 2.03. The van der Waals surface area contributed by atoms with E-state index in [0.29, 0.717) is 18.4 Å². The van der Waals surface area contributed by atoms with Crippen molar-refractivity contribution < 1.29 is 27.5 Å². The molecule has 8 heteroatoms. The third-order valence-electron chi connectivity index (χ3n) is 5.93. The van der Waals surface area contributed by atoms with Gasteiger partial charge in [-0.1, -0.05) is 18.7 Å². The minimum atomic E-state index is -4.42. The van der Waals surface area contributed by atoms with Crippen molar-refractivity contribution in [1.29, 1.82) is 0 Å². The molecule has 1 saturated heterocycles. The summed E-state index contributed by atoms with van der Waals surface area (Å²) in [6, 6.07) is 4.78. The van der Waals surface area contributed by atoms with Crippen LogP contribution in [0, 0.1) is 0 Å². The number of carbonyl (C=O) groups is 2. The van der Waals surface area contributed by atoms with Crippen molar-refractivity contribution in [2.75, 3.05) is 20.1 Å². The number of ether oxygens (including phenoxy) is 1. The van der Waals surface area contributed by atoms with Gasteiger partial charge >= 0.3 is 12.1 Å². The summed E-state index contributed by atoms with van der Waals surface area (Å²) in [4.78, 5) is 27.0. The summed E-state index contributed by atoms with van der Waals surface area (Å²) >= 11 is 0. The largest absolute Gasteiger partial charge is 0.451 e. The van der Waals surface area contributed by atoms with Crippen LogP contribution >= 0.6 is 0 Å². The highest BCUT2D eigenvalue weighted by Gasteiger charge is 2.43. The number of esters is 1. The zero-order chi connectivity index (χ0) is 21.9. The second-order valence-electron chi connectivity index (χ2n) is 8.24. The molecule has 164 valence electrons. The van der Waals surface area contributed by atoms with Gasteiger partial charge in [-0.25, -0.2) is 4.79 Å². The summed E-state index contributed by atoms with van der Waals surface area (Å²) in [5.74, 6) is -0.961. The van der Waals surface area contributed by atoms with Gasteiger partial charge < -0.3 is 15.0 Å². The SMILES string of the molecule is C=C(CC(=O)NC1CCN(C)CC1)C(=O)OC1(c2ccc(C(F)(F)F)cc2)CCC1. The lowest BCUT2D eigenvalue weighted by atomic mass is 9.74. The van der Waals surface area contributed by atoms with E-state index in [1.54, 1.807) is 0 Å². The van der Waals surface area contributed by atoms with Crippen molar-refractivity contribution in [3.05, 3.63) is 47.5 Å². The number of piperidine rings is 1. The molecule has 1 heterocycles. The van der Waals surface area contributed by atoms with Crippen LogP contribution in [0.1, 0.15) is 49.7 Å². The molecule has 0 atom stereocenters. The quantitative estimate of drug-likeness (QED) is 0.558. The molecule has 1 saturated carbocycles. The van der Waals surface area contributed by atoms with E-state index in [0.717, 1.165) is 44.5 Å². The predicted octanol–water partition coefficient (Wildman–Crippen LogP) is 3.78. The van der Waals surface area contributed by atoms with Gasteiger partial charge in [0, 0.05) is 11.6 Å². The smallest absolute Gasteiger partial charge is 0.416 e. The maximum absolute atomic E-state index is 12.8. The summed E-state index contributed by atoms with van der Waals surface area (Å²) in [5, 5.41) is 2.93. The van der Waals surface area contributed by atoms with Crippen molar-refractivity contribution in [3.63, 3.8) is 0 Å². The summed E-state index contributed by atoms with van der Waals surface area (Å²) in [6.45, 7) is 5.50. The van der Waals surface area contributed by atoms with Gasteiger partial charge in [-0.15, -0.1) is 0 Å². The van der Waals surface area contributed by atoms with Crippen molar-refractivity contribution in [2.24, 2.45) is 0 Å². The number of benzene rings is 1.